The van der Waals surface area contributed by atoms with Gasteiger partial charge in [-0.1, -0.05) is 159 Å². The first kappa shape index (κ1) is 43.6. The lowest BCUT2D eigenvalue weighted by Gasteiger charge is -2.20. The quantitative estimate of drug-likeness (QED) is 0.0419. The molecule has 3 unspecified atom stereocenters. The minimum absolute atomic E-state index is 0.00484. The summed E-state index contributed by atoms with van der Waals surface area (Å²) in [7, 11) is 0. The molecule has 0 saturated heterocycles. The standard InChI is InChI=1S/C40H75NO4/c1-3-5-7-9-11-13-15-17-19-20-22-24-26-28-30-32-34-39(44)38(36-42)41-40(45)35-37(43)33-31-29-27-25-23-21-18-16-14-12-10-8-6-4-2/h21,23-24,26,32,34,37-39,42-44H,3-20,22,25,27-31,33,35-36H2,1-2H3,(H,41,45)/b23-21-,26-24+,34-32+. The Morgan fingerprint density at radius 3 is 1.42 bits per heavy atom. The number of amides is 1. The minimum atomic E-state index is -0.953. The van der Waals surface area contributed by atoms with Crippen LogP contribution in [0.2, 0.25) is 0 Å². The predicted molar refractivity (Wildman–Crippen MR) is 194 cm³/mol. The molecular formula is C40H75NO4. The lowest BCUT2D eigenvalue weighted by atomic mass is 10.0. The van der Waals surface area contributed by atoms with Crippen molar-refractivity contribution in [1.82, 2.24) is 5.32 Å². The van der Waals surface area contributed by atoms with E-state index >= 15 is 0 Å². The molecule has 0 rings (SSSR count). The third kappa shape index (κ3) is 32.3. The Balaban J connectivity index is 3.80. The first-order valence-electron chi connectivity index (χ1n) is 19.3. The van der Waals surface area contributed by atoms with Gasteiger partial charge in [-0.3, -0.25) is 4.79 Å². The number of allylic oxidation sites excluding steroid dienone is 5. The molecule has 264 valence electrons. The Bertz CT molecular complexity index is 704. The van der Waals surface area contributed by atoms with Gasteiger partial charge in [0, 0.05) is 0 Å². The SMILES string of the molecule is CCCCCCCCC/C=C\CCCCCC(O)CC(=O)NC(CO)C(O)/C=C/CC/C=C/CCCCCCCCCCCC. The van der Waals surface area contributed by atoms with E-state index in [1.165, 1.54) is 116 Å². The Labute approximate surface area is 279 Å². The van der Waals surface area contributed by atoms with Crippen LogP contribution in [-0.4, -0.2) is 46.1 Å². The molecular weight excluding hydrogens is 558 g/mol. The maximum absolute atomic E-state index is 12.4. The number of carbonyl (C=O) groups is 1. The number of aliphatic hydroxyl groups excluding tert-OH is 3. The molecule has 0 aliphatic heterocycles. The minimum Gasteiger partial charge on any atom is -0.394 e. The molecule has 0 fully saturated rings. The van der Waals surface area contributed by atoms with Gasteiger partial charge in [0.25, 0.3) is 0 Å². The van der Waals surface area contributed by atoms with Crippen LogP contribution in [0.4, 0.5) is 0 Å². The van der Waals surface area contributed by atoms with E-state index in [1.807, 2.05) is 6.08 Å². The van der Waals surface area contributed by atoms with Crippen LogP contribution < -0.4 is 5.32 Å². The van der Waals surface area contributed by atoms with Gasteiger partial charge in [0.05, 0.1) is 31.3 Å². The summed E-state index contributed by atoms with van der Waals surface area (Å²) in [5, 5.41) is 33.0. The summed E-state index contributed by atoms with van der Waals surface area (Å²) in [6.45, 7) is 4.17. The van der Waals surface area contributed by atoms with Crippen molar-refractivity contribution >= 4 is 5.91 Å². The Hall–Kier alpha value is -1.43. The maximum Gasteiger partial charge on any atom is 0.222 e. The summed E-state index contributed by atoms with van der Waals surface area (Å²) < 4.78 is 0. The predicted octanol–water partition coefficient (Wildman–Crippen LogP) is 10.4. The third-order valence-corrected chi connectivity index (χ3v) is 8.65. The zero-order valence-corrected chi connectivity index (χ0v) is 29.7. The number of unbranched alkanes of at least 4 members (excludes halogenated alkanes) is 21. The molecule has 5 nitrogen and oxygen atoms in total. The van der Waals surface area contributed by atoms with Crippen LogP contribution in [0.1, 0.15) is 187 Å². The molecule has 0 aromatic rings. The summed E-state index contributed by atoms with van der Waals surface area (Å²) in [5.74, 6) is -0.336. The van der Waals surface area contributed by atoms with E-state index < -0.39 is 18.2 Å². The smallest absolute Gasteiger partial charge is 0.222 e. The van der Waals surface area contributed by atoms with E-state index in [1.54, 1.807) is 6.08 Å². The number of aliphatic hydroxyl groups is 3. The van der Waals surface area contributed by atoms with Crippen molar-refractivity contribution in [1.29, 1.82) is 0 Å². The van der Waals surface area contributed by atoms with Crippen molar-refractivity contribution in [2.24, 2.45) is 0 Å². The molecule has 4 N–H and O–H groups in total. The fourth-order valence-electron chi connectivity index (χ4n) is 5.64. The third-order valence-electron chi connectivity index (χ3n) is 8.65. The first-order chi connectivity index (χ1) is 22.0. The maximum atomic E-state index is 12.4. The number of hydrogen-bond donors (Lipinski definition) is 4. The van der Waals surface area contributed by atoms with Gasteiger partial charge in [-0.15, -0.1) is 0 Å². The molecule has 3 atom stereocenters. The molecule has 0 aliphatic carbocycles. The van der Waals surface area contributed by atoms with E-state index in [0.29, 0.717) is 6.42 Å². The van der Waals surface area contributed by atoms with Gasteiger partial charge in [0.15, 0.2) is 0 Å². The normalized spacial score (nSPS) is 14.2. The second-order valence-electron chi connectivity index (χ2n) is 13.2. The fraction of sp³-hybridized carbons (Fsp3) is 0.825. The second kappa shape index (κ2) is 35.4. The zero-order valence-electron chi connectivity index (χ0n) is 29.7. The number of rotatable bonds is 34. The van der Waals surface area contributed by atoms with Gasteiger partial charge in [-0.25, -0.2) is 0 Å². The molecule has 0 bridgehead atoms. The van der Waals surface area contributed by atoms with Gasteiger partial charge >= 0.3 is 0 Å². The average Bonchev–Trinajstić information content (AvgIpc) is 3.03. The first-order valence-corrected chi connectivity index (χ1v) is 19.3. The Morgan fingerprint density at radius 1 is 0.556 bits per heavy atom. The van der Waals surface area contributed by atoms with E-state index in [9.17, 15) is 20.1 Å². The van der Waals surface area contributed by atoms with Gasteiger partial charge < -0.3 is 20.6 Å². The van der Waals surface area contributed by atoms with E-state index in [0.717, 1.165) is 44.9 Å². The molecule has 0 aromatic heterocycles. The second-order valence-corrected chi connectivity index (χ2v) is 13.2. The van der Waals surface area contributed by atoms with Crippen molar-refractivity contribution in [2.45, 2.75) is 205 Å². The molecule has 5 heteroatoms. The van der Waals surface area contributed by atoms with Crippen LogP contribution in [0.25, 0.3) is 0 Å². The molecule has 0 heterocycles. The highest BCUT2D eigenvalue weighted by molar-refractivity contribution is 5.76. The lowest BCUT2D eigenvalue weighted by Crippen LogP contribution is -2.45. The summed E-state index contributed by atoms with van der Waals surface area (Å²) in [5.41, 5.74) is 0. The van der Waals surface area contributed by atoms with Crippen LogP contribution in [0.5, 0.6) is 0 Å². The van der Waals surface area contributed by atoms with Crippen molar-refractivity contribution in [3.63, 3.8) is 0 Å². The number of hydrogen-bond acceptors (Lipinski definition) is 4. The Kier molecular flexibility index (Phi) is 34.3. The molecule has 1 amide bonds. The highest BCUT2D eigenvalue weighted by atomic mass is 16.3. The summed E-state index contributed by atoms with van der Waals surface area (Å²) in [6.07, 6.45) is 42.7. The molecule has 0 saturated carbocycles. The van der Waals surface area contributed by atoms with Crippen molar-refractivity contribution in [2.75, 3.05) is 6.61 Å². The summed E-state index contributed by atoms with van der Waals surface area (Å²) in [4.78, 5) is 12.4. The van der Waals surface area contributed by atoms with Crippen LogP contribution >= 0.6 is 0 Å². The molecule has 0 aliphatic rings. The van der Waals surface area contributed by atoms with Gasteiger partial charge in [-0.05, 0) is 57.8 Å². The molecule has 0 aromatic carbocycles. The van der Waals surface area contributed by atoms with Gasteiger partial charge in [0.1, 0.15) is 0 Å². The summed E-state index contributed by atoms with van der Waals surface area (Å²) >= 11 is 0. The van der Waals surface area contributed by atoms with Crippen molar-refractivity contribution in [3.05, 3.63) is 36.5 Å². The van der Waals surface area contributed by atoms with Crippen LogP contribution in [0, 0.1) is 0 Å². The lowest BCUT2D eigenvalue weighted by molar-refractivity contribution is -0.124. The van der Waals surface area contributed by atoms with E-state index in [4.69, 9.17) is 0 Å². The Morgan fingerprint density at radius 2 is 0.956 bits per heavy atom. The van der Waals surface area contributed by atoms with Crippen molar-refractivity contribution in [3.8, 4) is 0 Å². The molecule has 0 spiro atoms. The van der Waals surface area contributed by atoms with Crippen LogP contribution in [0.3, 0.4) is 0 Å². The largest absolute Gasteiger partial charge is 0.394 e. The van der Waals surface area contributed by atoms with Crippen molar-refractivity contribution < 1.29 is 20.1 Å². The highest BCUT2D eigenvalue weighted by Crippen LogP contribution is 2.13. The fourth-order valence-corrected chi connectivity index (χ4v) is 5.64. The number of carbonyl (C=O) groups excluding carboxylic acids is 1. The van der Waals surface area contributed by atoms with Crippen LogP contribution in [0.15, 0.2) is 36.5 Å². The van der Waals surface area contributed by atoms with Gasteiger partial charge in [0.2, 0.25) is 5.91 Å². The van der Waals surface area contributed by atoms with Gasteiger partial charge in [-0.2, -0.15) is 0 Å². The molecule has 0 radical (unpaired) electrons. The van der Waals surface area contributed by atoms with E-state index in [2.05, 4.69) is 43.5 Å². The van der Waals surface area contributed by atoms with Crippen LogP contribution in [-0.2, 0) is 4.79 Å². The molecule has 45 heavy (non-hydrogen) atoms. The highest BCUT2D eigenvalue weighted by Gasteiger charge is 2.20. The topological polar surface area (TPSA) is 89.8 Å². The van der Waals surface area contributed by atoms with E-state index in [-0.39, 0.29) is 18.9 Å². The monoisotopic (exact) mass is 634 g/mol. The zero-order chi connectivity index (χ0) is 33.1. The average molecular weight is 634 g/mol. The number of nitrogens with one attached hydrogen (secondary N) is 1. The summed E-state index contributed by atoms with van der Waals surface area (Å²) in [6, 6.07) is -0.763.